The number of aromatic amines is 1. The van der Waals surface area contributed by atoms with E-state index >= 15 is 0 Å². The van der Waals surface area contributed by atoms with Crippen LogP contribution in [0.15, 0.2) is 24.3 Å². The van der Waals surface area contributed by atoms with Crippen molar-refractivity contribution < 1.29 is 4.79 Å². The highest BCUT2D eigenvalue weighted by atomic mass is 16.1. The molecule has 1 atom stereocenters. The van der Waals surface area contributed by atoms with Crippen LogP contribution < -0.4 is 11.1 Å². The summed E-state index contributed by atoms with van der Waals surface area (Å²) in [5.74, 6) is 1.34. The van der Waals surface area contributed by atoms with Crippen molar-refractivity contribution in [1.82, 2.24) is 10.3 Å². The van der Waals surface area contributed by atoms with Crippen LogP contribution in [0.5, 0.6) is 0 Å². The number of rotatable bonds is 4. The summed E-state index contributed by atoms with van der Waals surface area (Å²) in [4.78, 5) is 15.2. The third-order valence-corrected chi connectivity index (χ3v) is 3.90. The van der Waals surface area contributed by atoms with Gasteiger partial charge in [0.05, 0.1) is 0 Å². The summed E-state index contributed by atoms with van der Waals surface area (Å²) in [7, 11) is 0. The van der Waals surface area contributed by atoms with Crippen LogP contribution in [0.1, 0.15) is 30.3 Å². The minimum Gasteiger partial charge on any atom is -0.399 e. The van der Waals surface area contributed by atoms with Crippen LogP contribution in [-0.2, 0) is 0 Å². The lowest BCUT2D eigenvalue weighted by Crippen LogP contribution is -2.29. The number of carbonyl (C=O) groups excluding carboxylic acids is 1. The quantitative estimate of drug-likeness (QED) is 0.736. The SMILES string of the molecule is CC(CNC(=O)c1cc2cc(N)ccc2[nH]1)C1CC1. The Balaban J connectivity index is 1.70. The number of anilines is 1. The Morgan fingerprint density at radius 3 is 3.00 bits per heavy atom. The lowest BCUT2D eigenvalue weighted by Gasteiger charge is -2.10. The summed E-state index contributed by atoms with van der Waals surface area (Å²) in [5.41, 5.74) is 7.98. The third-order valence-electron chi connectivity index (χ3n) is 3.90. The average Bonchev–Trinajstić information content (AvgIpc) is 3.15. The number of carbonyl (C=O) groups is 1. The standard InChI is InChI=1S/C15H19N3O/c1-9(10-2-3-10)8-17-15(19)14-7-11-6-12(16)4-5-13(11)18-14/h4-7,9-10,18H,2-3,8,16H2,1H3,(H,17,19). The van der Waals surface area contributed by atoms with Crippen LogP contribution in [0.25, 0.3) is 10.9 Å². The fourth-order valence-corrected chi connectivity index (χ4v) is 2.45. The summed E-state index contributed by atoms with van der Waals surface area (Å²) < 4.78 is 0. The second-order valence-corrected chi connectivity index (χ2v) is 5.55. The first-order valence-corrected chi connectivity index (χ1v) is 6.80. The van der Waals surface area contributed by atoms with Gasteiger partial charge in [-0.05, 0) is 48.9 Å². The number of aromatic nitrogens is 1. The molecular weight excluding hydrogens is 238 g/mol. The van der Waals surface area contributed by atoms with Gasteiger partial charge in [-0.3, -0.25) is 4.79 Å². The van der Waals surface area contributed by atoms with Crippen LogP contribution in [0.3, 0.4) is 0 Å². The highest BCUT2D eigenvalue weighted by Gasteiger charge is 2.28. The molecular formula is C15H19N3O. The monoisotopic (exact) mass is 257 g/mol. The highest BCUT2D eigenvalue weighted by molar-refractivity contribution is 5.98. The molecule has 1 aromatic heterocycles. The molecule has 2 aromatic rings. The molecule has 3 rings (SSSR count). The molecule has 0 spiro atoms. The smallest absolute Gasteiger partial charge is 0.267 e. The number of nitrogens with two attached hydrogens (primary N) is 1. The Morgan fingerprint density at radius 1 is 1.47 bits per heavy atom. The lowest BCUT2D eigenvalue weighted by molar-refractivity contribution is 0.0942. The molecule has 0 radical (unpaired) electrons. The van der Waals surface area contributed by atoms with Gasteiger partial charge in [-0.2, -0.15) is 0 Å². The van der Waals surface area contributed by atoms with E-state index in [9.17, 15) is 4.79 Å². The zero-order valence-corrected chi connectivity index (χ0v) is 11.1. The van der Waals surface area contributed by atoms with E-state index < -0.39 is 0 Å². The lowest BCUT2D eigenvalue weighted by atomic mass is 10.1. The van der Waals surface area contributed by atoms with Crippen molar-refractivity contribution in [2.24, 2.45) is 11.8 Å². The van der Waals surface area contributed by atoms with E-state index in [0.717, 1.165) is 23.4 Å². The van der Waals surface area contributed by atoms with Gasteiger partial charge in [0.25, 0.3) is 5.91 Å². The molecule has 4 N–H and O–H groups in total. The van der Waals surface area contributed by atoms with Crippen LogP contribution in [0.2, 0.25) is 0 Å². The Kier molecular flexibility index (Phi) is 2.93. The van der Waals surface area contributed by atoms with Gasteiger partial charge in [-0.25, -0.2) is 0 Å². The molecule has 1 heterocycles. The van der Waals surface area contributed by atoms with Gasteiger partial charge in [-0.15, -0.1) is 0 Å². The summed E-state index contributed by atoms with van der Waals surface area (Å²) in [5, 5.41) is 3.97. The van der Waals surface area contributed by atoms with Crippen LogP contribution in [-0.4, -0.2) is 17.4 Å². The molecule has 4 nitrogen and oxygen atoms in total. The van der Waals surface area contributed by atoms with Crippen molar-refractivity contribution >= 4 is 22.5 Å². The first kappa shape index (κ1) is 12.1. The number of nitrogen functional groups attached to an aromatic ring is 1. The Labute approximate surface area is 112 Å². The number of hydrogen-bond donors (Lipinski definition) is 3. The van der Waals surface area contributed by atoms with E-state index in [1.807, 2.05) is 24.3 Å². The zero-order valence-electron chi connectivity index (χ0n) is 11.1. The zero-order chi connectivity index (χ0) is 13.4. The molecule has 1 aliphatic rings. The average molecular weight is 257 g/mol. The summed E-state index contributed by atoms with van der Waals surface area (Å²) in [6.45, 7) is 2.95. The topological polar surface area (TPSA) is 70.9 Å². The summed E-state index contributed by atoms with van der Waals surface area (Å²) in [6.07, 6.45) is 2.62. The van der Waals surface area contributed by atoms with Gasteiger partial charge in [0.1, 0.15) is 5.69 Å². The van der Waals surface area contributed by atoms with Crippen molar-refractivity contribution in [1.29, 1.82) is 0 Å². The summed E-state index contributed by atoms with van der Waals surface area (Å²) >= 11 is 0. The van der Waals surface area contributed by atoms with E-state index in [0.29, 0.717) is 17.3 Å². The van der Waals surface area contributed by atoms with E-state index in [1.54, 1.807) is 0 Å². The van der Waals surface area contributed by atoms with Crippen LogP contribution in [0, 0.1) is 11.8 Å². The predicted octanol–water partition coefficient (Wildman–Crippen LogP) is 2.53. The van der Waals surface area contributed by atoms with Crippen LogP contribution in [0.4, 0.5) is 5.69 Å². The molecule has 4 heteroatoms. The van der Waals surface area contributed by atoms with Gasteiger partial charge >= 0.3 is 0 Å². The number of fused-ring (bicyclic) bond motifs is 1. The third kappa shape index (κ3) is 2.57. The van der Waals surface area contributed by atoms with E-state index in [1.165, 1.54) is 12.8 Å². The van der Waals surface area contributed by atoms with E-state index in [2.05, 4.69) is 17.2 Å². The maximum atomic E-state index is 12.1. The predicted molar refractivity (Wildman–Crippen MR) is 76.9 cm³/mol. The Bertz CT molecular complexity index is 613. The van der Waals surface area contributed by atoms with Crippen LogP contribution >= 0.6 is 0 Å². The first-order valence-electron chi connectivity index (χ1n) is 6.80. The largest absolute Gasteiger partial charge is 0.399 e. The summed E-state index contributed by atoms with van der Waals surface area (Å²) in [6, 6.07) is 7.45. The molecule has 0 saturated heterocycles. The van der Waals surface area contributed by atoms with Crippen molar-refractivity contribution in [3.05, 3.63) is 30.0 Å². The molecule has 1 saturated carbocycles. The van der Waals surface area contributed by atoms with Crippen molar-refractivity contribution in [3.63, 3.8) is 0 Å². The maximum Gasteiger partial charge on any atom is 0.267 e. The van der Waals surface area contributed by atoms with Gasteiger partial charge < -0.3 is 16.0 Å². The number of benzene rings is 1. The number of nitrogens with one attached hydrogen (secondary N) is 2. The minimum atomic E-state index is -0.0396. The van der Waals surface area contributed by atoms with Crippen molar-refractivity contribution in [2.45, 2.75) is 19.8 Å². The second kappa shape index (κ2) is 4.61. The number of H-pyrrole nitrogens is 1. The van der Waals surface area contributed by atoms with Gasteiger partial charge in [-0.1, -0.05) is 6.92 Å². The normalized spacial score (nSPS) is 16.5. The van der Waals surface area contributed by atoms with Gasteiger partial charge in [0.15, 0.2) is 0 Å². The second-order valence-electron chi connectivity index (χ2n) is 5.55. The van der Waals surface area contributed by atoms with Crippen molar-refractivity contribution in [2.75, 3.05) is 12.3 Å². The Morgan fingerprint density at radius 2 is 2.26 bits per heavy atom. The molecule has 1 aromatic carbocycles. The first-order chi connectivity index (χ1) is 9.13. The molecule has 1 amide bonds. The highest BCUT2D eigenvalue weighted by Crippen LogP contribution is 2.36. The fourth-order valence-electron chi connectivity index (χ4n) is 2.45. The minimum absolute atomic E-state index is 0.0396. The number of amides is 1. The van der Waals surface area contributed by atoms with Gasteiger partial charge in [0, 0.05) is 23.1 Å². The molecule has 1 fully saturated rings. The van der Waals surface area contributed by atoms with Crippen molar-refractivity contribution in [3.8, 4) is 0 Å². The molecule has 0 bridgehead atoms. The van der Waals surface area contributed by atoms with E-state index in [-0.39, 0.29) is 5.91 Å². The maximum absolute atomic E-state index is 12.1. The molecule has 100 valence electrons. The molecule has 0 aliphatic heterocycles. The number of hydrogen-bond acceptors (Lipinski definition) is 2. The molecule has 1 unspecified atom stereocenters. The fraction of sp³-hybridized carbons (Fsp3) is 0.400. The Hall–Kier alpha value is -1.97. The molecule has 19 heavy (non-hydrogen) atoms. The van der Waals surface area contributed by atoms with Gasteiger partial charge in [0.2, 0.25) is 0 Å². The molecule has 1 aliphatic carbocycles. The van der Waals surface area contributed by atoms with E-state index in [4.69, 9.17) is 5.73 Å².